The lowest BCUT2D eigenvalue weighted by Crippen LogP contribution is -2.18. The van der Waals surface area contributed by atoms with Crippen LogP contribution in [-0.4, -0.2) is 36.0 Å². The Morgan fingerprint density at radius 1 is 1.42 bits per heavy atom. The first-order chi connectivity index (χ1) is 8.94. The summed E-state index contributed by atoms with van der Waals surface area (Å²) in [7, 11) is -2.88. The lowest BCUT2D eigenvalue weighted by Gasteiger charge is -2.14. The highest BCUT2D eigenvalue weighted by Crippen LogP contribution is 2.22. The molecule has 1 aliphatic rings. The lowest BCUT2D eigenvalue weighted by molar-refractivity contribution is 0.591. The van der Waals surface area contributed by atoms with Crippen molar-refractivity contribution in [3.05, 3.63) is 11.9 Å². The average molecular weight is 285 g/mol. The fourth-order valence-electron chi connectivity index (χ4n) is 2.58. The predicted octanol–water partition coefficient (Wildman–Crippen LogP) is 1.98. The Kier molecular flexibility index (Phi) is 4.50. The molecule has 0 spiro atoms. The molecule has 19 heavy (non-hydrogen) atoms. The van der Waals surface area contributed by atoms with Gasteiger partial charge in [0.25, 0.3) is 0 Å². The maximum atomic E-state index is 11.1. The van der Waals surface area contributed by atoms with Crippen molar-refractivity contribution in [1.29, 1.82) is 0 Å². The van der Waals surface area contributed by atoms with Crippen LogP contribution in [0.4, 0.5) is 5.95 Å². The van der Waals surface area contributed by atoms with Gasteiger partial charge in [-0.05, 0) is 26.2 Å². The Labute approximate surface area is 115 Å². The molecule has 1 aromatic heterocycles. The van der Waals surface area contributed by atoms with E-state index >= 15 is 0 Å². The van der Waals surface area contributed by atoms with Gasteiger partial charge in [0.1, 0.15) is 9.84 Å². The van der Waals surface area contributed by atoms with Crippen LogP contribution in [0, 0.1) is 6.92 Å². The van der Waals surface area contributed by atoms with Crippen LogP contribution in [0.2, 0.25) is 0 Å². The van der Waals surface area contributed by atoms with Crippen LogP contribution >= 0.6 is 0 Å². The van der Waals surface area contributed by atoms with Gasteiger partial charge < -0.3 is 9.88 Å². The van der Waals surface area contributed by atoms with Crippen molar-refractivity contribution in [3.63, 3.8) is 0 Å². The van der Waals surface area contributed by atoms with Gasteiger partial charge >= 0.3 is 0 Å². The van der Waals surface area contributed by atoms with Crippen molar-refractivity contribution in [2.75, 3.05) is 17.3 Å². The number of aryl methyl sites for hydroxylation is 2. The van der Waals surface area contributed by atoms with Gasteiger partial charge in [-0.2, -0.15) is 0 Å². The van der Waals surface area contributed by atoms with E-state index in [-0.39, 0.29) is 5.75 Å². The summed E-state index contributed by atoms with van der Waals surface area (Å²) in [5, 5.41) is 3.48. The smallest absolute Gasteiger partial charge is 0.203 e. The van der Waals surface area contributed by atoms with Crippen LogP contribution in [0.3, 0.4) is 0 Å². The van der Waals surface area contributed by atoms with Crippen LogP contribution in [0.1, 0.15) is 37.8 Å². The first kappa shape index (κ1) is 14.4. The molecule has 0 aromatic carbocycles. The molecular weight excluding hydrogens is 262 g/mol. The van der Waals surface area contributed by atoms with Crippen molar-refractivity contribution in [3.8, 4) is 0 Å². The van der Waals surface area contributed by atoms with Crippen LogP contribution in [-0.2, 0) is 16.4 Å². The summed E-state index contributed by atoms with van der Waals surface area (Å²) in [5.74, 6) is 1.12. The van der Waals surface area contributed by atoms with Gasteiger partial charge in [0.15, 0.2) is 0 Å². The number of rotatable bonds is 6. The van der Waals surface area contributed by atoms with Crippen molar-refractivity contribution in [1.82, 2.24) is 9.55 Å². The van der Waals surface area contributed by atoms with Gasteiger partial charge in [-0.3, -0.25) is 0 Å². The van der Waals surface area contributed by atoms with E-state index in [0.29, 0.717) is 19.0 Å². The standard InChI is InChI=1S/C13H23N3O2S/c1-11-10-16(8-5-9-19(2,17)18)13(14-11)15-12-6-3-4-7-12/h10,12H,3-9H2,1-2H3,(H,14,15). The van der Waals surface area contributed by atoms with Crippen molar-refractivity contribution in [2.45, 2.75) is 51.6 Å². The second-order valence-electron chi connectivity index (χ2n) is 5.51. The molecule has 1 aromatic rings. The van der Waals surface area contributed by atoms with Crippen molar-refractivity contribution in [2.24, 2.45) is 0 Å². The number of nitrogens with zero attached hydrogens (tertiary/aromatic N) is 2. The number of aromatic nitrogens is 2. The average Bonchev–Trinajstić information content (AvgIpc) is 2.88. The number of nitrogens with one attached hydrogen (secondary N) is 1. The zero-order valence-electron chi connectivity index (χ0n) is 11.7. The third kappa shape index (κ3) is 4.53. The highest BCUT2D eigenvalue weighted by Gasteiger charge is 2.17. The molecule has 1 saturated carbocycles. The highest BCUT2D eigenvalue weighted by molar-refractivity contribution is 7.90. The Hall–Kier alpha value is -1.04. The van der Waals surface area contributed by atoms with Crippen LogP contribution in [0.15, 0.2) is 6.20 Å². The van der Waals surface area contributed by atoms with Crippen LogP contribution < -0.4 is 5.32 Å². The third-order valence-electron chi connectivity index (χ3n) is 3.50. The molecule has 0 bridgehead atoms. The lowest BCUT2D eigenvalue weighted by atomic mass is 10.2. The Morgan fingerprint density at radius 3 is 2.74 bits per heavy atom. The summed E-state index contributed by atoms with van der Waals surface area (Å²) in [6, 6.07) is 0.524. The molecular formula is C13H23N3O2S. The first-order valence-corrected chi connectivity index (χ1v) is 8.98. The summed E-state index contributed by atoms with van der Waals surface area (Å²) in [4.78, 5) is 4.49. The quantitative estimate of drug-likeness (QED) is 0.868. The number of hydrogen-bond acceptors (Lipinski definition) is 4. The Balaban J connectivity index is 1.95. The number of anilines is 1. The van der Waals surface area contributed by atoms with E-state index in [0.717, 1.165) is 11.6 Å². The molecule has 5 nitrogen and oxygen atoms in total. The minimum absolute atomic E-state index is 0.229. The largest absolute Gasteiger partial charge is 0.353 e. The van der Waals surface area contributed by atoms with Crippen molar-refractivity contribution < 1.29 is 8.42 Å². The fraction of sp³-hybridized carbons (Fsp3) is 0.769. The van der Waals surface area contributed by atoms with E-state index < -0.39 is 9.84 Å². The van der Waals surface area contributed by atoms with Gasteiger partial charge in [0, 0.05) is 25.0 Å². The molecule has 1 aliphatic carbocycles. The number of sulfone groups is 1. The predicted molar refractivity (Wildman–Crippen MR) is 77.2 cm³/mol. The zero-order chi connectivity index (χ0) is 13.9. The molecule has 0 unspecified atom stereocenters. The molecule has 108 valence electrons. The molecule has 2 rings (SSSR count). The molecule has 1 fully saturated rings. The summed E-state index contributed by atoms with van der Waals surface area (Å²) < 4.78 is 24.3. The summed E-state index contributed by atoms with van der Waals surface area (Å²) in [5.41, 5.74) is 0.972. The summed E-state index contributed by atoms with van der Waals surface area (Å²) in [6.45, 7) is 2.66. The van der Waals surface area contributed by atoms with E-state index in [4.69, 9.17) is 0 Å². The highest BCUT2D eigenvalue weighted by atomic mass is 32.2. The fourth-order valence-corrected chi connectivity index (χ4v) is 3.24. The zero-order valence-corrected chi connectivity index (χ0v) is 12.5. The minimum atomic E-state index is -2.88. The third-order valence-corrected chi connectivity index (χ3v) is 4.53. The van der Waals surface area contributed by atoms with E-state index in [1.165, 1.54) is 31.9 Å². The molecule has 0 saturated heterocycles. The molecule has 1 N–H and O–H groups in total. The van der Waals surface area contributed by atoms with Gasteiger partial charge in [0.2, 0.25) is 5.95 Å². The van der Waals surface area contributed by atoms with E-state index in [2.05, 4.69) is 10.3 Å². The molecule has 1 heterocycles. The van der Waals surface area contributed by atoms with Gasteiger partial charge in [-0.15, -0.1) is 0 Å². The second-order valence-corrected chi connectivity index (χ2v) is 7.77. The first-order valence-electron chi connectivity index (χ1n) is 6.92. The van der Waals surface area contributed by atoms with E-state index in [9.17, 15) is 8.42 Å². The van der Waals surface area contributed by atoms with Gasteiger partial charge in [-0.1, -0.05) is 12.8 Å². The molecule has 6 heteroatoms. The van der Waals surface area contributed by atoms with Crippen molar-refractivity contribution >= 4 is 15.8 Å². The Morgan fingerprint density at radius 2 is 2.11 bits per heavy atom. The maximum Gasteiger partial charge on any atom is 0.203 e. The summed E-state index contributed by atoms with van der Waals surface area (Å²) >= 11 is 0. The Bertz CT molecular complexity index is 516. The SMILES string of the molecule is Cc1cn(CCCS(C)(=O)=O)c(NC2CCCC2)n1. The topological polar surface area (TPSA) is 64.0 Å². The van der Waals surface area contributed by atoms with E-state index in [1.807, 2.05) is 17.7 Å². The second kappa shape index (κ2) is 5.94. The maximum absolute atomic E-state index is 11.1. The van der Waals surface area contributed by atoms with Crippen LogP contribution in [0.25, 0.3) is 0 Å². The number of hydrogen-bond donors (Lipinski definition) is 1. The molecule has 0 aliphatic heterocycles. The minimum Gasteiger partial charge on any atom is -0.353 e. The monoisotopic (exact) mass is 285 g/mol. The normalized spacial score (nSPS) is 16.9. The molecule has 0 radical (unpaired) electrons. The van der Waals surface area contributed by atoms with Gasteiger partial charge in [0.05, 0.1) is 11.4 Å². The van der Waals surface area contributed by atoms with E-state index in [1.54, 1.807) is 0 Å². The molecule has 0 atom stereocenters. The molecule has 0 amide bonds. The van der Waals surface area contributed by atoms with Crippen LogP contribution in [0.5, 0.6) is 0 Å². The summed E-state index contributed by atoms with van der Waals surface area (Å²) in [6.07, 6.45) is 8.87. The van der Waals surface area contributed by atoms with Gasteiger partial charge in [-0.25, -0.2) is 13.4 Å². The number of imidazole rings is 1.